The van der Waals surface area contributed by atoms with Crippen LogP contribution in [0.5, 0.6) is 0 Å². The van der Waals surface area contributed by atoms with Gasteiger partial charge < -0.3 is 4.74 Å². The van der Waals surface area contributed by atoms with Crippen molar-refractivity contribution in [2.45, 2.75) is 39.3 Å². The molecule has 0 radical (unpaired) electrons. The predicted octanol–water partition coefficient (Wildman–Crippen LogP) is 2.16. The molecule has 0 aliphatic rings. The molecular weight excluding hydrogens is 326 g/mol. The van der Waals surface area contributed by atoms with Crippen molar-refractivity contribution >= 4 is 27.4 Å². The molecule has 20 heavy (non-hydrogen) atoms. The molecule has 0 fully saturated rings. The van der Waals surface area contributed by atoms with Crippen LogP contribution in [0.15, 0.2) is 27.9 Å². The third-order valence-electron chi connectivity index (χ3n) is 2.69. The van der Waals surface area contributed by atoms with Gasteiger partial charge in [-0.25, -0.2) is 9.31 Å². The van der Waals surface area contributed by atoms with E-state index in [0.29, 0.717) is 5.52 Å². The van der Waals surface area contributed by atoms with Crippen LogP contribution in [0.25, 0.3) is 5.52 Å². The molecule has 6 nitrogen and oxygen atoms in total. The Bertz CT molecular complexity index is 712. The molecule has 7 heteroatoms. The Labute approximate surface area is 124 Å². The van der Waals surface area contributed by atoms with Gasteiger partial charge in [0.15, 0.2) is 0 Å². The van der Waals surface area contributed by atoms with Crippen molar-refractivity contribution in [1.82, 2.24) is 14.2 Å². The zero-order valence-corrected chi connectivity index (χ0v) is 13.3. The van der Waals surface area contributed by atoms with E-state index in [2.05, 4.69) is 21.0 Å². The Balaban J connectivity index is 2.40. The molecule has 0 amide bonds. The number of fused-ring (bicyclic) bond motifs is 1. The molecular formula is C13H16BrN3O3. The Hall–Kier alpha value is -1.63. The minimum Gasteiger partial charge on any atom is -0.458 e. The summed E-state index contributed by atoms with van der Waals surface area (Å²) >= 11 is 3.29. The summed E-state index contributed by atoms with van der Waals surface area (Å²) in [6.07, 6.45) is 3.02. The first-order chi connectivity index (χ1) is 9.19. The number of hydrogen-bond acceptors (Lipinski definition) is 4. The van der Waals surface area contributed by atoms with Gasteiger partial charge in [0.1, 0.15) is 23.5 Å². The van der Waals surface area contributed by atoms with Crippen LogP contribution in [0.1, 0.15) is 33.7 Å². The van der Waals surface area contributed by atoms with E-state index >= 15 is 0 Å². The highest BCUT2D eigenvalue weighted by Crippen LogP contribution is 2.15. The molecule has 1 atom stereocenters. The summed E-state index contributed by atoms with van der Waals surface area (Å²) in [5.41, 5.74) is -0.483. The average molecular weight is 342 g/mol. The maximum Gasteiger partial charge on any atom is 0.329 e. The van der Waals surface area contributed by atoms with Gasteiger partial charge in [-0.15, -0.1) is 0 Å². The van der Waals surface area contributed by atoms with Crippen LogP contribution < -0.4 is 5.56 Å². The van der Waals surface area contributed by atoms with E-state index in [1.807, 2.05) is 0 Å². The van der Waals surface area contributed by atoms with E-state index in [-0.39, 0.29) is 5.56 Å². The Morgan fingerprint density at radius 3 is 2.70 bits per heavy atom. The molecule has 2 aromatic rings. The molecule has 2 heterocycles. The second-order valence-electron chi connectivity index (χ2n) is 5.54. The molecule has 0 N–H and O–H groups in total. The summed E-state index contributed by atoms with van der Waals surface area (Å²) in [4.78, 5) is 24.4. The van der Waals surface area contributed by atoms with Crippen LogP contribution in [0.3, 0.4) is 0 Å². The van der Waals surface area contributed by atoms with Crippen molar-refractivity contribution < 1.29 is 9.53 Å². The van der Waals surface area contributed by atoms with Crippen LogP contribution in [0.4, 0.5) is 0 Å². The van der Waals surface area contributed by atoms with Gasteiger partial charge in [-0.3, -0.25) is 9.36 Å². The molecule has 0 spiro atoms. The molecule has 0 saturated carbocycles. The van der Waals surface area contributed by atoms with Crippen LogP contribution in [-0.2, 0) is 9.53 Å². The average Bonchev–Trinajstić information content (AvgIpc) is 2.68. The lowest BCUT2D eigenvalue weighted by molar-refractivity contribution is -0.158. The van der Waals surface area contributed by atoms with E-state index in [1.54, 1.807) is 40.0 Å². The van der Waals surface area contributed by atoms with Crippen molar-refractivity contribution in [2.75, 3.05) is 0 Å². The number of halogens is 1. The van der Waals surface area contributed by atoms with Crippen molar-refractivity contribution in [2.24, 2.45) is 0 Å². The topological polar surface area (TPSA) is 65.6 Å². The van der Waals surface area contributed by atoms with E-state index < -0.39 is 17.6 Å². The lowest BCUT2D eigenvalue weighted by Crippen LogP contribution is -2.34. The maximum atomic E-state index is 12.3. The van der Waals surface area contributed by atoms with E-state index in [0.717, 1.165) is 4.47 Å². The fraction of sp³-hybridized carbons (Fsp3) is 0.462. The lowest BCUT2D eigenvalue weighted by atomic mass is 10.2. The van der Waals surface area contributed by atoms with Crippen molar-refractivity contribution in [3.8, 4) is 0 Å². The molecule has 0 bridgehead atoms. The minimum absolute atomic E-state index is 0.288. The van der Waals surface area contributed by atoms with Gasteiger partial charge in [-0.2, -0.15) is 5.10 Å². The summed E-state index contributed by atoms with van der Waals surface area (Å²) in [5, 5.41) is 4.10. The quantitative estimate of drug-likeness (QED) is 0.785. The summed E-state index contributed by atoms with van der Waals surface area (Å²) in [5.74, 6) is -0.462. The first-order valence-electron chi connectivity index (χ1n) is 6.17. The number of carbonyl (C=O) groups excluding carboxylic acids is 1. The SMILES string of the molecule is CC(C(=O)OC(C)(C)C)n1cnn2cc(Br)cc2c1=O. The Morgan fingerprint density at radius 1 is 1.45 bits per heavy atom. The van der Waals surface area contributed by atoms with E-state index in [1.165, 1.54) is 15.4 Å². The fourth-order valence-corrected chi connectivity index (χ4v) is 2.16. The molecule has 0 aliphatic heterocycles. The number of rotatable bonds is 2. The molecule has 0 aromatic carbocycles. The minimum atomic E-state index is -0.729. The molecule has 108 valence electrons. The standard InChI is InChI=1S/C13H16BrN3O3/c1-8(12(19)20-13(2,3)4)16-7-15-17-6-9(14)5-10(17)11(16)18/h5-8H,1-4H3. The number of carbonyl (C=O) groups is 1. The van der Waals surface area contributed by atoms with Crippen LogP contribution in [-0.4, -0.2) is 25.8 Å². The van der Waals surface area contributed by atoms with Gasteiger partial charge in [-0.05, 0) is 49.7 Å². The Morgan fingerprint density at radius 2 is 2.10 bits per heavy atom. The van der Waals surface area contributed by atoms with Crippen molar-refractivity contribution in [1.29, 1.82) is 0 Å². The van der Waals surface area contributed by atoms with E-state index in [4.69, 9.17) is 4.74 Å². The zero-order valence-electron chi connectivity index (χ0n) is 11.8. The highest BCUT2D eigenvalue weighted by Gasteiger charge is 2.24. The van der Waals surface area contributed by atoms with Crippen LogP contribution in [0.2, 0.25) is 0 Å². The maximum absolute atomic E-state index is 12.3. The van der Waals surface area contributed by atoms with Gasteiger partial charge in [0.2, 0.25) is 0 Å². The normalized spacial score (nSPS) is 13.4. The molecule has 0 saturated heterocycles. The Kier molecular flexibility index (Phi) is 3.73. The highest BCUT2D eigenvalue weighted by atomic mass is 79.9. The second kappa shape index (κ2) is 5.05. The first kappa shape index (κ1) is 14.8. The zero-order chi connectivity index (χ0) is 15.1. The van der Waals surface area contributed by atoms with Gasteiger partial charge in [-0.1, -0.05) is 0 Å². The molecule has 2 rings (SSSR count). The van der Waals surface area contributed by atoms with E-state index in [9.17, 15) is 9.59 Å². The second-order valence-corrected chi connectivity index (χ2v) is 6.46. The smallest absolute Gasteiger partial charge is 0.329 e. The number of esters is 1. The monoisotopic (exact) mass is 341 g/mol. The number of ether oxygens (including phenoxy) is 1. The van der Waals surface area contributed by atoms with Gasteiger partial charge in [0.25, 0.3) is 5.56 Å². The number of nitrogens with zero attached hydrogens (tertiary/aromatic N) is 3. The van der Waals surface area contributed by atoms with Crippen molar-refractivity contribution in [3.63, 3.8) is 0 Å². The van der Waals surface area contributed by atoms with Crippen molar-refractivity contribution in [3.05, 3.63) is 33.4 Å². The lowest BCUT2D eigenvalue weighted by Gasteiger charge is -2.22. The summed E-state index contributed by atoms with van der Waals surface area (Å²) < 4.78 is 8.77. The summed E-state index contributed by atoms with van der Waals surface area (Å²) in [7, 11) is 0. The third-order valence-corrected chi connectivity index (χ3v) is 3.12. The number of aromatic nitrogens is 3. The first-order valence-corrected chi connectivity index (χ1v) is 6.96. The van der Waals surface area contributed by atoms with Gasteiger partial charge >= 0.3 is 5.97 Å². The fourth-order valence-electron chi connectivity index (χ4n) is 1.75. The molecule has 1 unspecified atom stereocenters. The summed E-state index contributed by atoms with van der Waals surface area (Å²) in [6.45, 7) is 6.97. The van der Waals surface area contributed by atoms with Crippen LogP contribution in [0, 0.1) is 0 Å². The van der Waals surface area contributed by atoms with Crippen LogP contribution >= 0.6 is 15.9 Å². The predicted molar refractivity (Wildman–Crippen MR) is 77.7 cm³/mol. The van der Waals surface area contributed by atoms with Gasteiger partial charge in [0.05, 0.1) is 0 Å². The summed E-state index contributed by atoms with van der Waals surface area (Å²) in [6, 6.07) is 0.932. The third kappa shape index (κ3) is 2.92. The molecule has 2 aromatic heterocycles. The molecule has 0 aliphatic carbocycles. The number of hydrogen-bond donors (Lipinski definition) is 0. The highest BCUT2D eigenvalue weighted by molar-refractivity contribution is 9.10. The van der Waals surface area contributed by atoms with Gasteiger partial charge in [0, 0.05) is 10.7 Å². The largest absolute Gasteiger partial charge is 0.458 e.